The van der Waals surface area contributed by atoms with Crippen LogP contribution in [0.2, 0.25) is 0 Å². The maximum atomic E-state index is 12.7. The number of amides is 1. The second kappa shape index (κ2) is 10.6. The number of aromatic nitrogens is 1. The number of hydrogen-bond acceptors (Lipinski definition) is 7. The average Bonchev–Trinajstić information content (AvgIpc) is 3.24. The number of hydrogen-bond donors (Lipinski definition) is 1. The lowest BCUT2D eigenvalue weighted by molar-refractivity contribution is 0.0534. The van der Waals surface area contributed by atoms with Crippen molar-refractivity contribution in [2.45, 2.75) is 38.8 Å². The third-order valence-corrected chi connectivity index (χ3v) is 6.45. The molecule has 34 heavy (non-hydrogen) atoms. The number of benzene rings is 1. The van der Waals surface area contributed by atoms with Crippen LogP contribution in [0, 0.1) is 18.3 Å². The molecule has 1 fully saturated rings. The van der Waals surface area contributed by atoms with Gasteiger partial charge in [-0.1, -0.05) is 6.07 Å². The van der Waals surface area contributed by atoms with E-state index < -0.39 is 6.67 Å². The number of esters is 1. The normalized spacial score (nSPS) is 16.0. The summed E-state index contributed by atoms with van der Waals surface area (Å²) in [6.07, 6.45) is 3.80. The van der Waals surface area contributed by atoms with Crippen molar-refractivity contribution in [3.63, 3.8) is 0 Å². The molecule has 2 aromatic rings. The summed E-state index contributed by atoms with van der Waals surface area (Å²) in [5.74, 6) is -0.417. The van der Waals surface area contributed by atoms with Crippen LogP contribution in [0.15, 0.2) is 24.4 Å². The molecule has 3 heterocycles. The second-order valence-corrected chi connectivity index (χ2v) is 8.51. The topological polar surface area (TPSA) is 105 Å². The van der Waals surface area contributed by atoms with E-state index in [9.17, 15) is 14.0 Å². The Kier molecular flexibility index (Phi) is 7.38. The van der Waals surface area contributed by atoms with E-state index in [1.165, 1.54) is 17.8 Å². The lowest BCUT2D eigenvalue weighted by Crippen LogP contribution is -2.45. The Bertz CT molecular complexity index is 1120. The molecule has 2 aliphatic heterocycles. The number of rotatable bonds is 8. The van der Waals surface area contributed by atoms with Crippen LogP contribution in [0.5, 0.6) is 5.75 Å². The first-order valence-electron chi connectivity index (χ1n) is 11.4. The fourth-order valence-electron chi connectivity index (χ4n) is 4.42. The van der Waals surface area contributed by atoms with Gasteiger partial charge in [0.1, 0.15) is 43.0 Å². The van der Waals surface area contributed by atoms with Gasteiger partial charge in [-0.2, -0.15) is 5.26 Å². The van der Waals surface area contributed by atoms with E-state index >= 15 is 0 Å². The summed E-state index contributed by atoms with van der Waals surface area (Å²) in [7, 11) is 0. The number of likely N-dealkylation sites (tertiary alicyclic amines) is 1. The lowest BCUT2D eigenvalue weighted by Gasteiger charge is -2.32. The minimum absolute atomic E-state index is 0.0290. The van der Waals surface area contributed by atoms with E-state index in [0.29, 0.717) is 12.2 Å². The van der Waals surface area contributed by atoms with Crippen molar-refractivity contribution in [2.24, 2.45) is 0 Å². The molecular weight excluding hydrogens is 439 g/mol. The van der Waals surface area contributed by atoms with Crippen molar-refractivity contribution in [1.29, 1.82) is 5.26 Å². The first-order valence-corrected chi connectivity index (χ1v) is 11.4. The highest BCUT2D eigenvalue weighted by Gasteiger charge is 2.25. The first-order chi connectivity index (χ1) is 16.5. The molecule has 2 aliphatic rings. The summed E-state index contributed by atoms with van der Waals surface area (Å²) < 4.78 is 22.8. The lowest BCUT2D eigenvalue weighted by atomic mass is 9.96. The standard InChI is InChI=1S/C25H27FN4O4/c1-16-17(2-3-20-21(16)15-34-25(20)32)4-8-30-9-5-19(6-10-30)29-24(31)22-12-23(33-11-7-26)18(13-27)14-28-22/h2-3,12,14,19H,4-11,15H2,1H3,(H,29,31). The van der Waals surface area contributed by atoms with E-state index in [1.807, 2.05) is 25.1 Å². The molecule has 0 atom stereocenters. The van der Waals surface area contributed by atoms with Gasteiger partial charge in [0.15, 0.2) is 0 Å². The van der Waals surface area contributed by atoms with E-state index in [2.05, 4.69) is 15.2 Å². The van der Waals surface area contributed by atoms with Gasteiger partial charge in [0.05, 0.1) is 5.56 Å². The molecular formula is C25H27FN4O4. The molecule has 0 unspecified atom stereocenters. The Morgan fingerprint density at radius 3 is 2.91 bits per heavy atom. The minimum atomic E-state index is -0.687. The van der Waals surface area contributed by atoms with Gasteiger partial charge >= 0.3 is 5.97 Å². The molecule has 0 spiro atoms. The van der Waals surface area contributed by atoms with Crippen LogP contribution >= 0.6 is 0 Å². The maximum absolute atomic E-state index is 12.7. The number of fused-ring (bicyclic) bond motifs is 1. The Morgan fingerprint density at radius 1 is 1.38 bits per heavy atom. The second-order valence-electron chi connectivity index (χ2n) is 8.51. The van der Waals surface area contributed by atoms with Gasteiger partial charge in [-0.05, 0) is 43.4 Å². The first kappa shape index (κ1) is 23.6. The van der Waals surface area contributed by atoms with Gasteiger partial charge in [0.2, 0.25) is 0 Å². The predicted molar refractivity (Wildman–Crippen MR) is 121 cm³/mol. The number of carbonyl (C=O) groups excluding carboxylic acids is 2. The van der Waals surface area contributed by atoms with Crippen molar-refractivity contribution in [3.05, 3.63) is 57.9 Å². The molecule has 9 heteroatoms. The number of nitrogens with one attached hydrogen (secondary N) is 1. The van der Waals surface area contributed by atoms with Crippen molar-refractivity contribution in [1.82, 2.24) is 15.2 Å². The molecule has 1 aromatic heterocycles. The van der Waals surface area contributed by atoms with Crippen LogP contribution in [-0.4, -0.2) is 60.7 Å². The highest BCUT2D eigenvalue weighted by molar-refractivity contribution is 5.94. The van der Waals surface area contributed by atoms with E-state index in [4.69, 9.17) is 14.7 Å². The number of piperidine rings is 1. The largest absolute Gasteiger partial charge is 0.489 e. The van der Waals surface area contributed by atoms with E-state index in [-0.39, 0.29) is 41.5 Å². The fourth-order valence-corrected chi connectivity index (χ4v) is 4.42. The Hall–Kier alpha value is -3.51. The summed E-state index contributed by atoms with van der Waals surface area (Å²) in [5.41, 5.74) is 4.34. The van der Waals surface area contributed by atoms with Crippen molar-refractivity contribution in [2.75, 3.05) is 32.9 Å². The summed E-state index contributed by atoms with van der Waals surface area (Å²) in [6.45, 7) is 4.16. The van der Waals surface area contributed by atoms with Crippen molar-refractivity contribution in [3.8, 4) is 11.8 Å². The zero-order valence-corrected chi connectivity index (χ0v) is 19.1. The van der Waals surface area contributed by atoms with Crippen LogP contribution in [0.3, 0.4) is 0 Å². The van der Waals surface area contributed by atoms with Crippen LogP contribution in [0.1, 0.15) is 55.9 Å². The SMILES string of the molecule is Cc1c(CCN2CCC(NC(=O)c3cc(OCCF)c(C#N)cn3)CC2)ccc2c1COC2=O. The molecule has 4 rings (SSSR count). The summed E-state index contributed by atoms with van der Waals surface area (Å²) in [4.78, 5) is 30.8. The van der Waals surface area contributed by atoms with Gasteiger partial charge in [-0.25, -0.2) is 14.2 Å². The molecule has 0 saturated carbocycles. The van der Waals surface area contributed by atoms with Crippen molar-refractivity contribution >= 4 is 11.9 Å². The van der Waals surface area contributed by atoms with Crippen LogP contribution in [-0.2, 0) is 17.8 Å². The number of halogens is 1. The Morgan fingerprint density at radius 2 is 2.18 bits per heavy atom. The molecule has 178 valence electrons. The maximum Gasteiger partial charge on any atom is 0.338 e. The molecule has 1 N–H and O–H groups in total. The molecule has 0 radical (unpaired) electrons. The Balaban J connectivity index is 1.27. The van der Waals surface area contributed by atoms with Crippen LogP contribution < -0.4 is 10.1 Å². The van der Waals surface area contributed by atoms with Crippen LogP contribution in [0.4, 0.5) is 4.39 Å². The molecule has 1 aromatic carbocycles. The molecule has 0 bridgehead atoms. The van der Waals surface area contributed by atoms with Crippen molar-refractivity contribution < 1.29 is 23.5 Å². The zero-order chi connectivity index (χ0) is 24.1. The smallest absolute Gasteiger partial charge is 0.338 e. The minimum Gasteiger partial charge on any atom is -0.489 e. The summed E-state index contributed by atoms with van der Waals surface area (Å²) in [6, 6.07) is 7.22. The number of pyridine rings is 1. The molecule has 8 nitrogen and oxygen atoms in total. The molecule has 1 amide bonds. The zero-order valence-electron chi connectivity index (χ0n) is 19.1. The predicted octanol–water partition coefficient (Wildman–Crippen LogP) is 2.72. The fraction of sp³-hybridized carbons (Fsp3) is 0.440. The summed E-state index contributed by atoms with van der Waals surface area (Å²) >= 11 is 0. The summed E-state index contributed by atoms with van der Waals surface area (Å²) in [5, 5.41) is 12.1. The van der Waals surface area contributed by atoms with E-state index in [0.717, 1.165) is 50.0 Å². The number of cyclic esters (lactones) is 1. The number of nitrogens with zero attached hydrogens (tertiary/aromatic N) is 3. The number of carbonyl (C=O) groups is 2. The van der Waals surface area contributed by atoms with Gasteiger partial charge < -0.3 is 19.7 Å². The highest BCUT2D eigenvalue weighted by Crippen LogP contribution is 2.26. The van der Waals surface area contributed by atoms with Gasteiger partial charge in [-0.3, -0.25) is 4.79 Å². The quantitative estimate of drug-likeness (QED) is 0.597. The number of ether oxygens (including phenoxy) is 2. The monoisotopic (exact) mass is 466 g/mol. The van der Waals surface area contributed by atoms with E-state index in [1.54, 1.807) is 0 Å². The third-order valence-electron chi connectivity index (χ3n) is 6.45. The molecule has 0 aliphatic carbocycles. The van der Waals surface area contributed by atoms with Gasteiger partial charge in [-0.15, -0.1) is 0 Å². The number of alkyl halides is 1. The van der Waals surface area contributed by atoms with Crippen LogP contribution in [0.25, 0.3) is 0 Å². The molecule has 1 saturated heterocycles. The van der Waals surface area contributed by atoms with Gasteiger partial charge in [0.25, 0.3) is 5.91 Å². The Labute approximate surface area is 197 Å². The number of nitriles is 1. The van der Waals surface area contributed by atoms with Gasteiger partial charge in [0, 0.05) is 43.5 Å². The third kappa shape index (κ3) is 5.18. The highest BCUT2D eigenvalue weighted by atomic mass is 19.1. The average molecular weight is 467 g/mol.